The minimum Gasteiger partial charge on any atom is -0.490 e. The summed E-state index contributed by atoms with van der Waals surface area (Å²) in [5.74, 6) is 2.66. The molecule has 1 aliphatic carbocycles. The zero-order chi connectivity index (χ0) is 19.8. The van der Waals surface area contributed by atoms with Crippen LogP contribution in [0.25, 0.3) is 0 Å². The molecule has 1 saturated heterocycles. The van der Waals surface area contributed by atoms with Crippen molar-refractivity contribution in [3.63, 3.8) is 0 Å². The number of aliphatic imine (C=N–C) groups is 1. The van der Waals surface area contributed by atoms with Crippen molar-refractivity contribution in [1.82, 2.24) is 15.5 Å². The topological polar surface area (TPSA) is 48.9 Å². The molecule has 0 radical (unpaired) electrons. The van der Waals surface area contributed by atoms with Crippen molar-refractivity contribution in [2.75, 3.05) is 26.2 Å². The third-order valence-corrected chi connectivity index (χ3v) is 5.62. The summed E-state index contributed by atoms with van der Waals surface area (Å²) in [4.78, 5) is 7.44. The zero-order valence-corrected chi connectivity index (χ0v) is 20.7. The number of piperidine rings is 1. The first kappa shape index (κ1) is 24.3. The molecule has 0 spiro atoms. The van der Waals surface area contributed by atoms with E-state index in [1.165, 1.54) is 57.3 Å². The second-order valence-electron chi connectivity index (χ2n) is 8.59. The molecular formula is C23H39IN4O. The Morgan fingerprint density at radius 3 is 2.52 bits per heavy atom. The fourth-order valence-corrected chi connectivity index (χ4v) is 3.87. The molecule has 1 aliphatic heterocycles. The fraction of sp³-hybridized carbons (Fsp3) is 0.696. The van der Waals surface area contributed by atoms with E-state index in [1.54, 1.807) is 0 Å². The van der Waals surface area contributed by atoms with Gasteiger partial charge in [0.05, 0.1) is 12.6 Å². The van der Waals surface area contributed by atoms with Crippen molar-refractivity contribution < 1.29 is 4.74 Å². The first-order valence-electron chi connectivity index (χ1n) is 11.2. The van der Waals surface area contributed by atoms with Crippen molar-refractivity contribution in [2.45, 2.75) is 71.6 Å². The minimum absolute atomic E-state index is 0. The van der Waals surface area contributed by atoms with E-state index in [1.807, 2.05) is 0 Å². The third-order valence-electron chi connectivity index (χ3n) is 5.62. The summed E-state index contributed by atoms with van der Waals surface area (Å²) in [6.45, 7) is 11.8. The van der Waals surface area contributed by atoms with Gasteiger partial charge in [-0.15, -0.1) is 24.0 Å². The summed E-state index contributed by atoms with van der Waals surface area (Å²) < 4.78 is 6.15. The average Bonchev–Trinajstić information content (AvgIpc) is 2.65. The largest absolute Gasteiger partial charge is 0.490 e. The molecule has 1 aromatic rings. The van der Waals surface area contributed by atoms with Gasteiger partial charge in [-0.1, -0.05) is 32.0 Å². The number of rotatable bonds is 8. The molecule has 0 bridgehead atoms. The number of nitrogens with one attached hydrogen (secondary N) is 2. The number of benzene rings is 1. The summed E-state index contributed by atoms with van der Waals surface area (Å²) in [5, 5.41) is 7.07. The maximum absolute atomic E-state index is 6.15. The quantitative estimate of drug-likeness (QED) is 0.307. The molecule has 164 valence electrons. The van der Waals surface area contributed by atoms with Gasteiger partial charge in [0.25, 0.3) is 0 Å². The Bertz CT molecular complexity index is 625. The predicted molar refractivity (Wildman–Crippen MR) is 132 cm³/mol. The van der Waals surface area contributed by atoms with E-state index in [0.717, 1.165) is 24.2 Å². The van der Waals surface area contributed by atoms with Gasteiger partial charge in [0, 0.05) is 37.8 Å². The summed E-state index contributed by atoms with van der Waals surface area (Å²) in [6, 6.07) is 8.83. The van der Waals surface area contributed by atoms with Crippen LogP contribution in [0.4, 0.5) is 0 Å². The normalized spacial score (nSPS) is 18.8. The number of nitrogens with zero attached hydrogens (tertiary/aromatic N) is 2. The number of likely N-dealkylation sites (tertiary alicyclic amines) is 1. The number of hydrogen-bond acceptors (Lipinski definition) is 3. The van der Waals surface area contributed by atoms with Crippen LogP contribution in [-0.2, 0) is 6.54 Å². The Kier molecular flexibility index (Phi) is 10.6. The predicted octanol–water partition coefficient (Wildman–Crippen LogP) is 4.41. The molecule has 0 amide bonds. The monoisotopic (exact) mass is 514 g/mol. The lowest BCUT2D eigenvalue weighted by atomic mass is 9.96. The SMILES string of the molecule is CCNC(=NCc1ccccc1OC1CCC1)NC1CCN(CC(C)C)CC1.I. The molecule has 2 fully saturated rings. The number of ether oxygens (including phenoxy) is 1. The van der Waals surface area contributed by atoms with Crippen molar-refractivity contribution in [3.8, 4) is 5.75 Å². The molecule has 0 atom stereocenters. The van der Waals surface area contributed by atoms with Crippen LogP contribution in [0.15, 0.2) is 29.3 Å². The second kappa shape index (κ2) is 12.6. The Hall–Kier alpha value is -1.02. The summed E-state index contributed by atoms with van der Waals surface area (Å²) in [7, 11) is 0. The molecule has 0 unspecified atom stereocenters. The van der Waals surface area contributed by atoms with Gasteiger partial charge < -0.3 is 20.3 Å². The van der Waals surface area contributed by atoms with Gasteiger partial charge in [-0.2, -0.15) is 0 Å². The number of hydrogen-bond donors (Lipinski definition) is 2. The molecule has 0 aromatic heterocycles. The van der Waals surface area contributed by atoms with Crippen molar-refractivity contribution in [2.24, 2.45) is 10.9 Å². The molecule has 2 aliphatic rings. The van der Waals surface area contributed by atoms with Crippen LogP contribution >= 0.6 is 24.0 Å². The van der Waals surface area contributed by atoms with Gasteiger partial charge >= 0.3 is 0 Å². The van der Waals surface area contributed by atoms with E-state index >= 15 is 0 Å². The Labute approximate surface area is 194 Å². The van der Waals surface area contributed by atoms with Gasteiger partial charge in [0.15, 0.2) is 5.96 Å². The smallest absolute Gasteiger partial charge is 0.191 e. The third kappa shape index (κ3) is 7.96. The van der Waals surface area contributed by atoms with Crippen LogP contribution < -0.4 is 15.4 Å². The van der Waals surface area contributed by atoms with Gasteiger partial charge in [-0.3, -0.25) is 0 Å². The Morgan fingerprint density at radius 2 is 1.90 bits per heavy atom. The van der Waals surface area contributed by atoms with Crippen LogP contribution in [0, 0.1) is 5.92 Å². The molecule has 1 heterocycles. The molecule has 2 N–H and O–H groups in total. The first-order chi connectivity index (χ1) is 13.6. The van der Waals surface area contributed by atoms with Crippen LogP contribution in [0.2, 0.25) is 0 Å². The lowest BCUT2D eigenvalue weighted by Crippen LogP contribution is -2.49. The fourth-order valence-electron chi connectivity index (χ4n) is 3.87. The number of halogens is 1. The minimum atomic E-state index is 0. The lowest BCUT2D eigenvalue weighted by Gasteiger charge is -2.34. The Morgan fingerprint density at radius 1 is 1.17 bits per heavy atom. The molecular weight excluding hydrogens is 475 g/mol. The zero-order valence-electron chi connectivity index (χ0n) is 18.3. The summed E-state index contributed by atoms with van der Waals surface area (Å²) in [6.07, 6.45) is 6.40. The van der Waals surface area contributed by atoms with Gasteiger partial charge in [0.1, 0.15) is 5.75 Å². The number of para-hydroxylation sites is 1. The average molecular weight is 514 g/mol. The van der Waals surface area contributed by atoms with E-state index in [-0.39, 0.29) is 24.0 Å². The highest BCUT2D eigenvalue weighted by atomic mass is 127. The molecule has 5 nitrogen and oxygen atoms in total. The second-order valence-corrected chi connectivity index (χ2v) is 8.59. The standard InChI is InChI=1S/C23H38N4O.HI/c1-4-24-23(26-20-12-14-27(15-13-20)17-18(2)3)25-16-19-8-5-6-11-22(19)28-21-9-7-10-21;/h5-6,8,11,18,20-21H,4,7,9-10,12-17H2,1-3H3,(H2,24,25,26);1H. The van der Waals surface area contributed by atoms with E-state index in [4.69, 9.17) is 9.73 Å². The van der Waals surface area contributed by atoms with Crippen molar-refractivity contribution in [3.05, 3.63) is 29.8 Å². The molecule has 29 heavy (non-hydrogen) atoms. The van der Waals surface area contributed by atoms with Crippen LogP contribution in [0.5, 0.6) is 5.75 Å². The van der Waals surface area contributed by atoms with E-state index < -0.39 is 0 Å². The molecule has 3 rings (SSSR count). The van der Waals surface area contributed by atoms with Crippen molar-refractivity contribution >= 4 is 29.9 Å². The highest BCUT2D eigenvalue weighted by Crippen LogP contribution is 2.27. The lowest BCUT2D eigenvalue weighted by molar-refractivity contribution is 0.119. The van der Waals surface area contributed by atoms with Gasteiger partial charge in [-0.25, -0.2) is 4.99 Å². The maximum Gasteiger partial charge on any atom is 0.191 e. The number of guanidine groups is 1. The maximum atomic E-state index is 6.15. The van der Waals surface area contributed by atoms with Crippen LogP contribution in [-0.4, -0.2) is 49.2 Å². The molecule has 1 aromatic carbocycles. The molecule has 1 saturated carbocycles. The van der Waals surface area contributed by atoms with Gasteiger partial charge in [0.2, 0.25) is 0 Å². The van der Waals surface area contributed by atoms with E-state index in [9.17, 15) is 0 Å². The van der Waals surface area contributed by atoms with Crippen molar-refractivity contribution in [1.29, 1.82) is 0 Å². The van der Waals surface area contributed by atoms with E-state index in [0.29, 0.717) is 18.7 Å². The highest BCUT2D eigenvalue weighted by Gasteiger charge is 2.21. The first-order valence-corrected chi connectivity index (χ1v) is 11.2. The van der Waals surface area contributed by atoms with Gasteiger partial charge in [-0.05, 0) is 51.0 Å². The molecule has 6 heteroatoms. The summed E-state index contributed by atoms with van der Waals surface area (Å²) in [5.41, 5.74) is 1.17. The van der Waals surface area contributed by atoms with E-state index in [2.05, 4.69) is 60.6 Å². The van der Waals surface area contributed by atoms with Crippen LogP contribution in [0.3, 0.4) is 0 Å². The summed E-state index contributed by atoms with van der Waals surface area (Å²) >= 11 is 0. The van der Waals surface area contributed by atoms with Crippen LogP contribution in [0.1, 0.15) is 58.4 Å². The highest BCUT2D eigenvalue weighted by molar-refractivity contribution is 14.0. The Balaban J connectivity index is 0.00000300.